The number of para-hydroxylation sites is 1. The normalized spacial score (nSPS) is 21.0. The zero-order chi connectivity index (χ0) is 33.6. The van der Waals surface area contributed by atoms with Crippen LogP contribution in [0.3, 0.4) is 0 Å². The van der Waals surface area contributed by atoms with Crippen molar-refractivity contribution in [1.82, 2.24) is 20.9 Å². The van der Waals surface area contributed by atoms with Gasteiger partial charge < -0.3 is 35.1 Å². The second-order valence-electron chi connectivity index (χ2n) is 12.7. The molecule has 0 aliphatic carbocycles. The van der Waals surface area contributed by atoms with Gasteiger partial charge in [-0.2, -0.15) is 0 Å². The first-order valence-corrected chi connectivity index (χ1v) is 16.9. The van der Waals surface area contributed by atoms with E-state index in [1.807, 2.05) is 38.1 Å². The van der Waals surface area contributed by atoms with Gasteiger partial charge in [0, 0.05) is 19.7 Å². The molecule has 2 heterocycles. The average Bonchev–Trinajstić information content (AvgIpc) is 3.58. The molecule has 0 spiro atoms. The van der Waals surface area contributed by atoms with Crippen LogP contribution in [0, 0.1) is 5.92 Å². The summed E-state index contributed by atoms with van der Waals surface area (Å²) in [5, 5.41) is 8.47. The highest BCUT2D eigenvalue weighted by molar-refractivity contribution is 6.01. The first kappa shape index (κ1) is 35.9. The molecule has 2 aliphatic heterocycles. The summed E-state index contributed by atoms with van der Waals surface area (Å²) >= 11 is 0. The summed E-state index contributed by atoms with van der Waals surface area (Å²) in [7, 11) is 0. The van der Waals surface area contributed by atoms with Crippen molar-refractivity contribution in [2.75, 3.05) is 32.9 Å². The maximum atomic E-state index is 13.7. The van der Waals surface area contributed by atoms with Crippen LogP contribution in [0.5, 0.6) is 5.75 Å². The van der Waals surface area contributed by atoms with E-state index in [0.717, 1.165) is 43.4 Å². The number of ether oxygens (including phenoxy) is 3. The highest BCUT2D eigenvalue weighted by Crippen LogP contribution is 2.19. The summed E-state index contributed by atoms with van der Waals surface area (Å²) in [5.74, 6) is -1.24. The minimum atomic E-state index is -1.19. The van der Waals surface area contributed by atoms with Crippen LogP contribution in [0.15, 0.2) is 48.5 Å². The molecule has 1 saturated heterocycles. The predicted octanol–water partition coefficient (Wildman–Crippen LogP) is 3.74. The third-order valence-electron chi connectivity index (χ3n) is 8.28. The molecule has 2 aromatic carbocycles. The monoisotopic (exact) mass is 650 g/mol. The van der Waals surface area contributed by atoms with Gasteiger partial charge in [0.2, 0.25) is 17.7 Å². The summed E-state index contributed by atoms with van der Waals surface area (Å²) in [5.41, 5.74) is 2.10. The topological polar surface area (TPSA) is 135 Å². The van der Waals surface area contributed by atoms with Crippen molar-refractivity contribution < 1.29 is 33.4 Å². The van der Waals surface area contributed by atoms with E-state index in [0.29, 0.717) is 38.5 Å². The van der Waals surface area contributed by atoms with E-state index in [2.05, 4.69) is 22.9 Å². The fraction of sp³-hybridized carbons (Fsp3) is 0.556. The molecule has 4 amide bonds. The van der Waals surface area contributed by atoms with Crippen molar-refractivity contribution in [1.29, 1.82) is 0 Å². The number of nitrogens with one attached hydrogen (secondary N) is 3. The van der Waals surface area contributed by atoms with Gasteiger partial charge in [0.05, 0.1) is 37.8 Å². The van der Waals surface area contributed by atoms with E-state index < -0.39 is 29.8 Å². The van der Waals surface area contributed by atoms with Crippen molar-refractivity contribution >= 4 is 23.6 Å². The van der Waals surface area contributed by atoms with Gasteiger partial charge in [-0.15, -0.1) is 0 Å². The van der Waals surface area contributed by atoms with Crippen LogP contribution in [0.4, 0.5) is 0 Å². The second kappa shape index (κ2) is 18.4. The van der Waals surface area contributed by atoms with Crippen molar-refractivity contribution in [3.63, 3.8) is 0 Å². The van der Waals surface area contributed by atoms with Gasteiger partial charge in [0.15, 0.2) is 0 Å². The van der Waals surface area contributed by atoms with Gasteiger partial charge in [-0.25, -0.2) is 0 Å². The van der Waals surface area contributed by atoms with Crippen LogP contribution in [0.2, 0.25) is 0 Å². The molecular formula is C36H50N4O7. The third kappa shape index (κ3) is 11.4. The van der Waals surface area contributed by atoms with Crippen LogP contribution in [0.1, 0.15) is 80.8 Å². The average molecular weight is 651 g/mol. The van der Waals surface area contributed by atoms with E-state index in [-0.39, 0.29) is 43.1 Å². The molecule has 1 fully saturated rings. The second-order valence-corrected chi connectivity index (χ2v) is 12.7. The molecule has 4 rings (SSSR count). The predicted molar refractivity (Wildman–Crippen MR) is 178 cm³/mol. The number of rotatable bonds is 12. The van der Waals surface area contributed by atoms with Crippen molar-refractivity contribution in [2.45, 2.75) is 90.6 Å². The summed E-state index contributed by atoms with van der Waals surface area (Å²) in [6.45, 7) is 9.07. The molecule has 1 unspecified atom stereocenters. The Morgan fingerprint density at radius 2 is 1.81 bits per heavy atom. The quantitative estimate of drug-likeness (QED) is 0.319. The minimum absolute atomic E-state index is 0.136. The molecule has 3 N–H and O–H groups in total. The van der Waals surface area contributed by atoms with Crippen molar-refractivity contribution in [3.05, 3.63) is 65.2 Å². The van der Waals surface area contributed by atoms with Crippen LogP contribution in [-0.4, -0.2) is 79.6 Å². The fourth-order valence-electron chi connectivity index (χ4n) is 5.67. The van der Waals surface area contributed by atoms with Crippen LogP contribution >= 0.6 is 0 Å². The highest BCUT2D eigenvalue weighted by Gasteiger charge is 2.31. The lowest BCUT2D eigenvalue weighted by Gasteiger charge is -2.30. The number of nitrogens with zero attached hydrogens (tertiary/aromatic N) is 1. The third-order valence-corrected chi connectivity index (χ3v) is 8.28. The molecular weight excluding hydrogens is 600 g/mol. The minimum Gasteiger partial charge on any atom is -0.491 e. The molecule has 2 aromatic rings. The van der Waals surface area contributed by atoms with Gasteiger partial charge in [0.25, 0.3) is 5.91 Å². The maximum Gasteiger partial charge on any atom is 0.255 e. The molecule has 11 heteroatoms. The zero-order valence-corrected chi connectivity index (χ0v) is 27.9. The van der Waals surface area contributed by atoms with Crippen LogP contribution in [0.25, 0.3) is 0 Å². The highest BCUT2D eigenvalue weighted by atomic mass is 16.5. The number of fused-ring (bicyclic) bond motifs is 1. The fourth-order valence-corrected chi connectivity index (χ4v) is 5.67. The van der Waals surface area contributed by atoms with Crippen LogP contribution in [-0.2, 0) is 37.0 Å². The Bertz CT molecular complexity index is 1330. The van der Waals surface area contributed by atoms with Gasteiger partial charge in [0.1, 0.15) is 24.4 Å². The molecule has 11 nitrogen and oxygen atoms in total. The van der Waals surface area contributed by atoms with Crippen LogP contribution < -0.4 is 20.7 Å². The number of carbonyl (C=O) groups is 4. The Kier molecular flexibility index (Phi) is 14.0. The molecule has 256 valence electrons. The molecule has 0 saturated carbocycles. The Hall–Kier alpha value is -3.96. The number of amides is 4. The molecule has 0 radical (unpaired) electrons. The molecule has 2 aliphatic rings. The number of benzene rings is 2. The van der Waals surface area contributed by atoms with Gasteiger partial charge in [-0.1, -0.05) is 63.6 Å². The lowest BCUT2D eigenvalue weighted by molar-refractivity contribution is -0.137. The van der Waals surface area contributed by atoms with Gasteiger partial charge in [-0.05, 0) is 54.9 Å². The van der Waals surface area contributed by atoms with Crippen molar-refractivity contribution in [2.24, 2.45) is 5.92 Å². The Morgan fingerprint density at radius 1 is 1.04 bits per heavy atom. The molecule has 0 aromatic heterocycles. The Labute approximate surface area is 278 Å². The summed E-state index contributed by atoms with van der Waals surface area (Å²) in [6.07, 6.45) is 4.08. The number of carbonyl (C=O) groups excluding carboxylic acids is 4. The lowest BCUT2D eigenvalue weighted by Crippen LogP contribution is -2.53. The first-order valence-electron chi connectivity index (χ1n) is 16.9. The Balaban J connectivity index is 1.46. The zero-order valence-electron chi connectivity index (χ0n) is 27.9. The number of hydrogen-bond acceptors (Lipinski definition) is 7. The smallest absolute Gasteiger partial charge is 0.255 e. The van der Waals surface area contributed by atoms with E-state index in [4.69, 9.17) is 14.2 Å². The molecule has 47 heavy (non-hydrogen) atoms. The van der Waals surface area contributed by atoms with E-state index in [1.165, 1.54) is 0 Å². The maximum absolute atomic E-state index is 13.7. The summed E-state index contributed by atoms with van der Waals surface area (Å²) < 4.78 is 17.4. The van der Waals surface area contributed by atoms with Gasteiger partial charge in [-0.3, -0.25) is 19.2 Å². The van der Waals surface area contributed by atoms with E-state index >= 15 is 0 Å². The van der Waals surface area contributed by atoms with Crippen molar-refractivity contribution in [3.8, 4) is 5.75 Å². The van der Waals surface area contributed by atoms with E-state index in [1.54, 1.807) is 29.2 Å². The molecule has 0 bridgehead atoms. The molecule has 3 atom stereocenters. The Morgan fingerprint density at radius 3 is 2.53 bits per heavy atom. The lowest BCUT2D eigenvalue weighted by atomic mass is 10.0. The summed E-state index contributed by atoms with van der Waals surface area (Å²) in [6, 6.07) is 12.5. The largest absolute Gasteiger partial charge is 0.491 e. The summed E-state index contributed by atoms with van der Waals surface area (Å²) in [4.78, 5) is 55.8. The van der Waals surface area contributed by atoms with E-state index in [9.17, 15) is 19.2 Å². The van der Waals surface area contributed by atoms with Gasteiger partial charge >= 0.3 is 0 Å². The first-order chi connectivity index (χ1) is 22.7. The standard InChI is InChI=1S/C36H50N4O7/c1-4-5-16-40-17-19-47-32-11-7-6-10-29(32)34(42)39-30(21-33(41)38-31(36(40)44)20-25(2)3)35(43)37-22-26-12-14-27(15-13-26)23-45-24-28-9-8-18-46-28/h6-7,10-15,25,28,30-31H,4-5,8-9,16-24H2,1-3H3,(H,37,43)(H,38,41)(H,39,42)/t28?,30-,31-/m0/s1. The number of hydrogen-bond donors (Lipinski definition) is 3. The number of unbranched alkanes of at least 4 members (excludes halogenated alkanes) is 1. The SMILES string of the molecule is CCCCN1CCOc2ccccc2C(=O)N[C@H](C(=O)NCc2ccc(COCC3CCCO3)cc2)CC(=O)N[C@@H](CC(C)C)C1=O.